The van der Waals surface area contributed by atoms with Crippen LogP contribution in [-0.2, 0) is 9.59 Å². The van der Waals surface area contributed by atoms with Crippen molar-refractivity contribution in [2.75, 3.05) is 6.61 Å². The fourth-order valence-corrected chi connectivity index (χ4v) is 7.28. The molecule has 0 aliphatic heterocycles. The van der Waals surface area contributed by atoms with Crippen LogP contribution in [0.15, 0.2) is 11.6 Å². The van der Waals surface area contributed by atoms with E-state index in [1.54, 1.807) is 6.08 Å². The van der Waals surface area contributed by atoms with Crippen LogP contribution in [0.4, 0.5) is 0 Å². The minimum absolute atomic E-state index is 0. The van der Waals surface area contributed by atoms with Gasteiger partial charge in [-0.2, -0.15) is 0 Å². The van der Waals surface area contributed by atoms with Gasteiger partial charge in [-0.1, -0.05) is 19.4 Å². The van der Waals surface area contributed by atoms with E-state index in [0.717, 1.165) is 25.7 Å². The second-order valence-corrected chi connectivity index (χ2v) is 9.56. The molecule has 5 nitrogen and oxygen atoms in total. The molecule has 0 amide bonds. The molecular weight excluding hydrogens is 355 g/mol. The summed E-state index contributed by atoms with van der Waals surface area (Å²) in [7, 11) is 0. The molecule has 0 aromatic carbocycles. The Kier molecular flexibility index (Phi) is 5.64. The first-order valence-corrected chi connectivity index (χ1v) is 9.96. The van der Waals surface area contributed by atoms with Crippen molar-refractivity contribution < 1.29 is 24.9 Å². The molecular formula is C21H31NaO5. The second kappa shape index (κ2) is 7.03. The summed E-state index contributed by atoms with van der Waals surface area (Å²) in [6.07, 6.45) is 5.74. The molecule has 0 spiro atoms. The van der Waals surface area contributed by atoms with E-state index in [-0.39, 0.29) is 58.5 Å². The van der Waals surface area contributed by atoms with Crippen molar-refractivity contribution in [2.45, 2.75) is 70.5 Å². The van der Waals surface area contributed by atoms with Gasteiger partial charge in [-0.3, -0.25) is 9.59 Å². The number of rotatable bonds is 2. The van der Waals surface area contributed by atoms with Gasteiger partial charge in [0.1, 0.15) is 12.2 Å². The molecule has 1 unspecified atom stereocenters. The molecule has 3 fully saturated rings. The van der Waals surface area contributed by atoms with E-state index < -0.39 is 29.5 Å². The predicted molar refractivity (Wildman–Crippen MR) is 102 cm³/mol. The van der Waals surface area contributed by atoms with Gasteiger partial charge in [-0.25, -0.2) is 0 Å². The van der Waals surface area contributed by atoms with Crippen LogP contribution in [0.1, 0.15) is 58.8 Å². The van der Waals surface area contributed by atoms with E-state index >= 15 is 0 Å². The first-order valence-electron chi connectivity index (χ1n) is 9.96. The Morgan fingerprint density at radius 1 is 1.22 bits per heavy atom. The van der Waals surface area contributed by atoms with Crippen LogP contribution in [0, 0.1) is 28.6 Å². The van der Waals surface area contributed by atoms with E-state index in [0.29, 0.717) is 19.3 Å². The van der Waals surface area contributed by atoms with Crippen LogP contribution in [0.2, 0.25) is 0 Å². The zero-order chi connectivity index (χ0) is 18.9. The quantitative estimate of drug-likeness (QED) is 0.619. The number of hydrogen-bond donors (Lipinski definition) is 3. The molecule has 0 heterocycles. The molecule has 0 aromatic heterocycles. The van der Waals surface area contributed by atoms with Gasteiger partial charge < -0.3 is 15.3 Å². The summed E-state index contributed by atoms with van der Waals surface area (Å²) in [6, 6.07) is 0. The summed E-state index contributed by atoms with van der Waals surface area (Å²) in [5, 5.41) is 31.7. The average molecular weight is 386 g/mol. The van der Waals surface area contributed by atoms with E-state index in [1.807, 2.05) is 6.92 Å². The normalized spacial score (nSPS) is 48.6. The molecule has 4 aliphatic carbocycles. The van der Waals surface area contributed by atoms with Crippen LogP contribution in [-0.4, -0.2) is 74.8 Å². The Hall–Kier alpha value is -0.0400. The number of aliphatic hydroxyl groups is 3. The standard InChI is InChI=1S/C21H30O5.Na.H/c1-19-7-5-13(23)9-12(19)3-4-14-15-6-8-21(26,17(25)11-22)20(15,2)10-16(24)18(14)19;;/h9,14-16,18,22,24,26H,3-8,10-11H2,1-2H3;;/t14-,15?,16+,18+,19+,20+,21+;;/m1../s1. The summed E-state index contributed by atoms with van der Waals surface area (Å²) >= 11 is 0. The maximum atomic E-state index is 12.4. The Morgan fingerprint density at radius 2 is 1.93 bits per heavy atom. The number of fused-ring (bicyclic) bond motifs is 5. The van der Waals surface area contributed by atoms with Gasteiger partial charge in [0.05, 0.1) is 6.10 Å². The molecule has 4 aliphatic rings. The van der Waals surface area contributed by atoms with Crippen LogP contribution >= 0.6 is 0 Å². The molecule has 0 radical (unpaired) electrons. The van der Waals surface area contributed by atoms with Gasteiger partial charge >= 0.3 is 29.6 Å². The third kappa shape index (κ3) is 2.80. The number of carbonyl (C=O) groups excluding carboxylic acids is 2. The number of ketones is 2. The molecule has 3 N–H and O–H groups in total. The summed E-state index contributed by atoms with van der Waals surface area (Å²) in [5.74, 6) is 0.140. The minimum atomic E-state index is -1.54. The fraction of sp³-hybridized carbons (Fsp3) is 0.810. The molecule has 27 heavy (non-hydrogen) atoms. The average Bonchev–Trinajstić information content (AvgIpc) is 2.86. The van der Waals surface area contributed by atoms with Crippen molar-refractivity contribution >= 4 is 41.1 Å². The summed E-state index contributed by atoms with van der Waals surface area (Å²) in [5.41, 5.74) is -1.23. The third-order valence-electron chi connectivity index (χ3n) is 8.65. The number of allylic oxidation sites excluding steroid dienone is 1. The molecule has 7 atom stereocenters. The first-order chi connectivity index (χ1) is 12.2. The fourth-order valence-electron chi connectivity index (χ4n) is 7.28. The van der Waals surface area contributed by atoms with Crippen LogP contribution in [0.3, 0.4) is 0 Å². The molecule has 6 heteroatoms. The SMILES string of the molecule is C[C@]12CCC(=O)C=C1CC[C@@H]1C3CC[C@](O)(C(=O)CO)[C@@]3(C)C[C@H](O)[C@H]12.[NaH]. The van der Waals surface area contributed by atoms with Gasteiger partial charge in [-0.05, 0) is 67.8 Å². The maximum absolute atomic E-state index is 12.4. The predicted octanol–water partition coefficient (Wildman–Crippen LogP) is 1.13. The van der Waals surface area contributed by atoms with E-state index in [2.05, 4.69) is 6.92 Å². The first kappa shape index (κ1) is 21.7. The molecule has 146 valence electrons. The topological polar surface area (TPSA) is 94.8 Å². The molecule has 0 saturated heterocycles. The second-order valence-electron chi connectivity index (χ2n) is 9.56. The zero-order valence-electron chi connectivity index (χ0n) is 15.7. The van der Waals surface area contributed by atoms with Crippen molar-refractivity contribution in [1.29, 1.82) is 0 Å². The van der Waals surface area contributed by atoms with Gasteiger partial charge in [-0.15, -0.1) is 0 Å². The summed E-state index contributed by atoms with van der Waals surface area (Å²) in [6.45, 7) is 3.46. The van der Waals surface area contributed by atoms with E-state index in [4.69, 9.17) is 0 Å². The van der Waals surface area contributed by atoms with Crippen molar-refractivity contribution in [2.24, 2.45) is 28.6 Å². The summed E-state index contributed by atoms with van der Waals surface area (Å²) in [4.78, 5) is 24.3. The third-order valence-corrected chi connectivity index (χ3v) is 8.65. The van der Waals surface area contributed by atoms with Crippen molar-refractivity contribution in [3.05, 3.63) is 11.6 Å². The van der Waals surface area contributed by atoms with E-state index in [1.165, 1.54) is 5.57 Å². The van der Waals surface area contributed by atoms with Crippen molar-refractivity contribution in [3.8, 4) is 0 Å². The monoisotopic (exact) mass is 386 g/mol. The van der Waals surface area contributed by atoms with Gasteiger partial charge in [0.2, 0.25) is 0 Å². The Bertz CT molecular complexity index is 690. The number of carbonyl (C=O) groups is 2. The van der Waals surface area contributed by atoms with Crippen LogP contribution in [0.25, 0.3) is 0 Å². The number of aliphatic hydroxyl groups excluding tert-OH is 2. The Labute approximate surface area is 182 Å². The van der Waals surface area contributed by atoms with Gasteiger partial charge in [0.15, 0.2) is 11.6 Å². The van der Waals surface area contributed by atoms with Gasteiger partial charge in [0, 0.05) is 11.8 Å². The molecule has 3 saturated carbocycles. The molecule has 0 aromatic rings. The zero-order valence-corrected chi connectivity index (χ0v) is 15.7. The van der Waals surface area contributed by atoms with Crippen molar-refractivity contribution in [3.63, 3.8) is 0 Å². The Morgan fingerprint density at radius 3 is 2.59 bits per heavy atom. The van der Waals surface area contributed by atoms with Gasteiger partial charge in [0.25, 0.3) is 0 Å². The molecule has 4 rings (SSSR count). The van der Waals surface area contributed by atoms with Crippen LogP contribution in [0.5, 0.6) is 0 Å². The Balaban J connectivity index is 0.00000210. The molecule has 0 bridgehead atoms. The summed E-state index contributed by atoms with van der Waals surface area (Å²) < 4.78 is 0. The van der Waals surface area contributed by atoms with Crippen LogP contribution < -0.4 is 0 Å². The number of Topliss-reactive ketones (excluding diaryl/α,β-unsaturated/α-hetero) is 1. The van der Waals surface area contributed by atoms with Crippen molar-refractivity contribution in [1.82, 2.24) is 0 Å². The van der Waals surface area contributed by atoms with E-state index in [9.17, 15) is 24.9 Å². The number of hydrogen-bond acceptors (Lipinski definition) is 5.